The fourth-order valence-electron chi connectivity index (χ4n) is 4.48. The van der Waals surface area contributed by atoms with Crippen LogP contribution >= 0.6 is 7.82 Å². The quantitative estimate of drug-likeness (QED) is 0.151. The van der Waals surface area contributed by atoms with Crippen molar-refractivity contribution in [3.63, 3.8) is 0 Å². The van der Waals surface area contributed by atoms with E-state index < -0.39 is 81.1 Å². The fraction of sp³-hybridized carbons (Fsp3) is 0.452. The van der Waals surface area contributed by atoms with Crippen molar-refractivity contribution in [1.29, 1.82) is 0 Å². The molecule has 0 bridgehead atoms. The van der Waals surface area contributed by atoms with E-state index in [1.807, 2.05) is 0 Å². The van der Waals surface area contributed by atoms with E-state index in [0.29, 0.717) is 11.1 Å². The Morgan fingerprint density at radius 2 is 1.13 bits per heavy atom. The first-order valence-electron chi connectivity index (χ1n) is 14.4. The lowest BCUT2D eigenvalue weighted by molar-refractivity contribution is -0.302. The van der Waals surface area contributed by atoms with E-state index in [4.69, 9.17) is 42.0 Å². The van der Waals surface area contributed by atoms with Crippen LogP contribution in [0.1, 0.15) is 45.7 Å². The lowest BCUT2D eigenvalue weighted by atomic mass is 9.94. The third kappa shape index (κ3) is 12.2. The number of hydrogen-bond acceptors (Lipinski definition) is 15. The smallest absolute Gasteiger partial charge is 0.462 e. The van der Waals surface area contributed by atoms with Gasteiger partial charge in [0.2, 0.25) is 6.29 Å². The van der Waals surface area contributed by atoms with Crippen LogP contribution in [0.2, 0.25) is 0 Å². The number of hydrogen-bond donors (Lipinski definition) is 0. The summed E-state index contributed by atoms with van der Waals surface area (Å²) in [4.78, 5) is 60.6. The van der Waals surface area contributed by atoms with Gasteiger partial charge in [-0.05, 0) is 11.1 Å². The van der Waals surface area contributed by atoms with Crippen molar-refractivity contribution < 1.29 is 70.5 Å². The summed E-state index contributed by atoms with van der Waals surface area (Å²) in [5, 5.41) is 0. The first-order valence-corrected chi connectivity index (χ1v) is 15.9. The molecule has 0 aromatic heterocycles. The highest BCUT2D eigenvalue weighted by atomic mass is 31.2. The van der Waals surface area contributed by atoms with Crippen molar-refractivity contribution >= 4 is 37.7 Å². The highest BCUT2D eigenvalue weighted by Crippen LogP contribution is 2.54. The van der Waals surface area contributed by atoms with Crippen LogP contribution in [0.5, 0.6) is 0 Å². The van der Waals surface area contributed by atoms with E-state index in [1.54, 1.807) is 60.7 Å². The highest BCUT2D eigenvalue weighted by Gasteiger charge is 2.57. The molecule has 3 rings (SSSR count). The second kappa shape index (κ2) is 17.7. The summed E-state index contributed by atoms with van der Waals surface area (Å²) in [7, 11) is -4.68. The van der Waals surface area contributed by atoms with Crippen molar-refractivity contribution in [2.24, 2.45) is 0 Å². The van der Waals surface area contributed by atoms with Gasteiger partial charge in [0.25, 0.3) is 0 Å². The Morgan fingerprint density at radius 3 is 1.57 bits per heavy atom. The molecule has 1 saturated heterocycles. The third-order valence-electron chi connectivity index (χ3n) is 6.27. The second-order valence-corrected chi connectivity index (χ2v) is 11.8. The molecule has 256 valence electrons. The molecule has 0 saturated carbocycles. The maximum atomic E-state index is 14.3. The molecule has 16 heteroatoms. The number of phosphoric acid groups is 1. The minimum Gasteiger partial charge on any atom is -0.462 e. The van der Waals surface area contributed by atoms with E-state index in [9.17, 15) is 28.5 Å². The molecule has 1 heterocycles. The number of rotatable bonds is 15. The average Bonchev–Trinajstić information content (AvgIpc) is 3.00. The Kier molecular flexibility index (Phi) is 14.0. The van der Waals surface area contributed by atoms with E-state index >= 15 is 0 Å². The zero-order valence-corrected chi connectivity index (χ0v) is 27.3. The largest absolute Gasteiger partial charge is 0.477 e. The molecule has 1 fully saturated rings. The van der Waals surface area contributed by atoms with Gasteiger partial charge in [0.15, 0.2) is 24.4 Å². The molecule has 0 radical (unpaired) electrons. The molecular weight excluding hydrogens is 643 g/mol. The van der Waals surface area contributed by atoms with Gasteiger partial charge in [-0.1, -0.05) is 60.7 Å². The summed E-state index contributed by atoms with van der Waals surface area (Å²) in [5.74, 6) is -4.31. The summed E-state index contributed by atoms with van der Waals surface area (Å²) in [5.41, 5.74) is 1.20. The van der Waals surface area contributed by atoms with Crippen LogP contribution in [0, 0.1) is 0 Å². The average molecular weight is 681 g/mol. The second-order valence-electron chi connectivity index (χ2n) is 10.2. The van der Waals surface area contributed by atoms with Gasteiger partial charge < -0.3 is 28.4 Å². The monoisotopic (exact) mass is 680 g/mol. The molecular formula is C31H37O15P. The summed E-state index contributed by atoms with van der Waals surface area (Å²) in [6, 6.07) is 17.3. The molecule has 2 aromatic rings. The lowest BCUT2D eigenvalue weighted by Gasteiger charge is -2.46. The van der Waals surface area contributed by atoms with Crippen LogP contribution in [0.3, 0.4) is 0 Å². The Labute approximate surface area is 271 Å². The predicted molar refractivity (Wildman–Crippen MR) is 159 cm³/mol. The maximum absolute atomic E-state index is 14.3. The molecule has 1 aliphatic heterocycles. The van der Waals surface area contributed by atoms with Crippen LogP contribution in [0.4, 0.5) is 0 Å². The first-order chi connectivity index (χ1) is 22.3. The Hall–Kier alpha value is -4.14. The fourth-order valence-corrected chi connectivity index (χ4v) is 5.71. The van der Waals surface area contributed by atoms with Crippen LogP contribution < -0.4 is 0 Å². The molecule has 47 heavy (non-hydrogen) atoms. The summed E-state index contributed by atoms with van der Waals surface area (Å²) < 4.78 is 64.3. The molecule has 6 atom stereocenters. The standard InChI is InChI=1S/C31H37O15P/c1-19(32)38-18-26(41-20(2)33)27-28(42-21(3)34)29(43-22(4)35)30(44-23(5)36)31(45-27)46-47(37,39-16-24-12-8-6-9-13-24)40-17-25-14-10-7-11-15-25/h6-15,26-31H,16-18H2,1-5H3/t26-,27-,28-,29+,30+,31+/m1/s1. The van der Waals surface area contributed by atoms with Crippen molar-refractivity contribution in [3.8, 4) is 0 Å². The highest BCUT2D eigenvalue weighted by molar-refractivity contribution is 7.48. The Bertz CT molecular complexity index is 1370. The van der Waals surface area contributed by atoms with E-state index in [1.165, 1.54) is 0 Å². The van der Waals surface area contributed by atoms with Crippen LogP contribution in [0.25, 0.3) is 0 Å². The number of ether oxygens (including phenoxy) is 6. The molecule has 0 N–H and O–H groups in total. The SMILES string of the molecule is CC(=O)OC[C@@H](OC(C)=O)[C@H]1O[C@@H](OP(=O)(OCc2ccccc2)OCc2ccccc2)[C@@H](OC(C)=O)[C@@H](OC(C)=O)[C@@H]1OC(C)=O. The van der Waals surface area contributed by atoms with Gasteiger partial charge >= 0.3 is 37.7 Å². The zero-order valence-electron chi connectivity index (χ0n) is 26.4. The van der Waals surface area contributed by atoms with Gasteiger partial charge in [0.05, 0.1) is 13.2 Å². The van der Waals surface area contributed by atoms with Gasteiger partial charge in [0, 0.05) is 34.6 Å². The van der Waals surface area contributed by atoms with Crippen molar-refractivity contribution in [1.82, 2.24) is 0 Å². The number of carbonyl (C=O) groups excluding carboxylic acids is 5. The number of benzene rings is 2. The Morgan fingerprint density at radius 1 is 0.660 bits per heavy atom. The topological polar surface area (TPSA) is 185 Å². The first kappa shape index (κ1) is 37.3. The van der Waals surface area contributed by atoms with Gasteiger partial charge in [0.1, 0.15) is 12.7 Å². The van der Waals surface area contributed by atoms with Crippen LogP contribution in [-0.4, -0.2) is 73.3 Å². The molecule has 15 nitrogen and oxygen atoms in total. The van der Waals surface area contributed by atoms with E-state index in [2.05, 4.69) is 0 Å². The zero-order chi connectivity index (χ0) is 34.6. The minimum atomic E-state index is -4.68. The summed E-state index contributed by atoms with van der Waals surface area (Å²) in [6.45, 7) is 4.16. The molecule has 2 aromatic carbocycles. The lowest BCUT2D eigenvalue weighted by Crippen LogP contribution is -2.65. The summed E-state index contributed by atoms with van der Waals surface area (Å²) in [6.07, 6.45) is -10.1. The van der Waals surface area contributed by atoms with E-state index in [-0.39, 0.29) is 13.2 Å². The minimum absolute atomic E-state index is 0.257. The van der Waals surface area contributed by atoms with E-state index in [0.717, 1.165) is 34.6 Å². The van der Waals surface area contributed by atoms with Crippen molar-refractivity contribution in [2.45, 2.75) is 84.6 Å². The molecule has 0 spiro atoms. The third-order valence-corrected chi connectivity index (χ3v) is 7.63. The Balaban J connectivity index is 2.09. The predicted octanol–water partition coefficient (Wildman–Crippen LogP) is 3.56. The maximum Gasteiger partial charge on any atom is 0.477 e. The summed E-state index contributed by atoms with van der Waals surface area (Å²) >= 11 is 0. The van der Waals surface area contributed by atoms with Crippen molar-refractivity contribution in [2.75, 3.05) is 6.61 Å². The molecule has 0 amide bonds. The van der Waals surface area contributed by atoms with Gasteiger partial charge in [-0.3, -0.25) is 37.5 Å². The normalized spacial score (nSPS) is 21.5. The number of phosphoric ester groups is 1. The molecule has 0 unspecified atom stereocenters. The van der Waals surface area contributed by atoms with Crippen molar-refractivity contribution in [3.05, 3.63) is 71.8 Å². The number of esters is 5. The molecule has 1 aliphatic rings. The van der Waals surface area contributed by atoms with Gasteiger partial charge in [-0.25, -0.2) is 4.57 Å². The number of carbonyl (C=O) groups is 5. The van der Waals surface area contributed by atoms with Crippen LogP contribution in [-0.2, 0) is 83.7 Å². The van der Waals surface area contributed by atoms with Gasteiger partial charge in [-0.2, -0.15) is 0 Å². The van der Waals surface area contributed by atoms with Gasteiger partial charge in [-0.15, -0.1) is 0 Å². The van der Waals surface area contributed by atoms with Crippen LogP contribution in [0.15, 0.2) is 60.7 Å². The molecule has 0 aliphatic carbocycles.